The van der Waals surface area contributed by atoms with Crippen LogP contribution in [0.5, 0.6) is 0 Å². The Labute approximate surface area is 187 Å². The van der Waals surface area contributed by atoms with Crippen LogP contribution in [0, 0.1) is 12.8 Å². The number of benzene rings is 2. The number of esters is 1. The molecule has 0 aliphatic heterocycles. The number of carbonyl (C=O) groups is 2. The molecule has 7 heteroatoms. The predicted octanol–water partition coefficient (Wildman–Crippen LogP) is 3.87. The molecule has 0 saturated heterocycles. The largest absolute Gasteiger partial charge is 0.449 e. The Morgan fingerprint density at radius 2 is 1.62 bits per heavy atom. The van der Waals surface area contributed by atoms with Gasteiger partial charge in [0.2, 0.25) is 0 Å². The second kappa shape index (κ2) is 9.68. The second-order valence-corrected chi connectivity index (χ2v) is 8.27. The van der Waals surface area contributed by atoms with Gasteiger partial charge in [-0.15, -0.1) is 0 Å². The average Bonchev–Trinajstić information content (AvgIpc) is 2.97. The maximum Gasteiger partial charge on any atom is 0.338 e. The second-order valence-electron chi connectivity index (χ2n) is 8.27. The molecular formula is C25H29N3O4. The molecule has 168 valence electrons. The maximum atomic E-state index is 12.9. The van der Waals surface area contributed by atoms with Crippen LogP contribution in [0.25, 0.3) is 5.69 Å². The van der Waals surface area contributed by atoms with Crippen molar-refractivity contribution in [1.29, 1.82) is 0 Å². The molecule has 3 aromatic rings. The molecule has 1 N–H and O–H groups in total. The molecular weight excluding hydrogens is 406 g/mol. The lowest BCUT2D eigenvalue weighted by Crippen LogP contribution is -2.32. The van der Waals surface area contributed by atoms with Gasteiger partial charge in [0.1, 0.15) is 5.69 Å². The van der Waals surface area contributed by atoms with Crippen LogP contribution in [0.2, 0.25) is 0 Å². The van der Waals surface area contributed by atoms with E-state index in [1.165, 1.54) is 11.6 Å². The molecule has 0 spiro atoms. The van der Waals surface area contributed by atoms with Gasteiger partial charge < -0.3 is 10.1 Å². The normalized spacial score (nSPS) is 11.9. The molecule has 3 rings (SSSR count). The van der Waals surface area contributed by atoms with Gasteiger partial charge in [0.05, 0.1) is 16.9 Å². The van der Waals surface area contributed by atoms with Crippen LogP contribution in [0.15, 0.2) is 59.4 Å². The fraction of sp³-hybridized carbons (Fsp3) is 0.320. The lowest BCUT2D eigenvalue weighted by molar-refractivity contribution is -0.123. The number of nitrogens with zero attached hydrogens (tertiary/aromatic N) is 2. The first-order chi connectivity index (χ1) is 15.2. The lowest BCUT2D eigenvalue weighted by Gasteiger charge is -2.13. The number of para-hydroxylation sites is 1. The minimum Gasteiger partial charge on any atom is -0.449 e. The molecule has 2 aromatic carbocycles. The molecule has 1 amide bonds. The van der Waals surface area contributed by atoms with E-state index in [2.05, 4.69) is 19.2 Å². The third-order valence-corrected chi connectivity index (χ3v) is 5.29. The summed E-state index contributed by atoms with van der Waals surface area (Å²) in [6.07, 6.45) is -0.146. The number of carbonyl (C=O) groups excluding carboxylic acids is 2. The summed E-state index contributed by atoms with van der Waals surface area (Å²) in [6.45, 7) is 7.48. The Hall–Kier alpha value is -3.61. The molecule has 0 aliphatic carbocycles. The van der Waals surface area contributed by atoms with Gasteiger partial charge in [0.25, 0.3) is 11.5 Å². The zero-order valence-corrected chi connectivity index (χ0v) is 19.1. The third-order valence-electron chi connectivity index (χ3n) is 5.29. The van der Waals surface area contributed by atoms with Gasteiger partial charge in [-0.25, -0.2) is 9.48 Å². The quantitative estimate of drug-likeness (QED) is 0.571. The van der Waals surface area contributed by atoms with Crippen LogP contribution in [0.1, 0.15) is 42.4 Å². The molecule has 32 heavy (non-hydrogen) atoms. The van der Waals surface area contributed by atoms with E-state index in [1.54, 1.807) is 30.8 Å². The number of nitrogens with one attached hydrogen (secondary N) is 1. The number of amides is 1. The first-order valence-electron chi connectivity index (χ1n) is 10.6. The Morgan fingerprint density at radius 3 is 2.22 bits per heavy atom. The maximum absolute atomic E-state index is 12.9. The van der Waals surface area contributed by atoms with Gasteiger partial charge in [-0.3, -0.25) is 14.3 Å². The van der Waals surface area contributed by atoms with E-state index in [0.717, 1.165) is 12.0 Å². The molecule has 7 nitrogen and oxygen atoms in total. The van der Waals surface area contributed by atoms with E-state index in [0.29, 0.717) is 22.9 Å². The summed E-state index contributed by atoms with van der Waals surface area (Å²) in [7, 11) is 1.74. The third kappa shape index (κ3) is 4.99. The highest BCUT2D eigenvalue weighted by molar-refractivity contribution is 5.97. The van der Waals surface area contributed by atoms with Crippen LogP contribution in [0.4, 0.5) is 5.69 Å². The van der Waals surface area contributed by atoms with E-state index >= 15 is 0 Å². The Morgan fingerprint density at radius 1 is 1.00 bits per heavy atom. The predicted molar refractivity (Wildman–Crippen MR) is 124 cm³/mol. The van der Waals surface area contributed by atoms with Crippen molar-refractivity contribution in [2.75, 3.05) is 5.32 Å². The highest BCUT2D eigenvalue weighted by Gasteiger charge is 2.23. The molecule has 0 saturated carbocycles. The molecule has 0 bridgehead atoms. The van der Waals surface area contributed by atoms with Gasteiger partial charge >= 0.3 is 5.97 Å². The first kappa shape index (κ1) is 23.1. The van der Waals surface area contributed by atoms with E-state index in [9.17, 15) is 14.4 Å². The fourth-order valence-corrected chi connectivity index (χ4v) is 3.47. The minimum atomic E-state index is -1.07. The number of rotatable bonds is 7. The summed E-state index contributed by atoms with van der Waals surface area (Å²) < 4.78 is 8.47. The molecule has 0 unspecified atom stereocenters. The zero-order valence-electron chi connectivity index (χ0n) is 19.1. The molecule has 1 atom stereocenters. The minimum absolute atomic E-state index is 0.155. The standard InChI is InChI=1S/C25H29N3O4/c1-16(2)15-19-11-13-20(14-12-19)25(31)32-18(4)23(29)26-22-17(3)27(5)28(24(22)30)21-9-7-6-8-10-21/h6-14,16,18H,15H2,1-5H3,(H,26,29)/t18-/m0/s1. The highest BCUT2D eigenvalue weighted by Crippen LogP contribution is 2.15. The summed E-state index contributed by atoms with van der Waals surface area (Å²) in [5.41, 5.74) is 2.58. The van der Waals surface area contributed by atoms with Crippen LogP contribution < -0.4 is 10.9 Å². The van der Waals surface area contributed by atoms with Gasteiger partial charge in [-0.05, 0) is 56.0 Å². The van der Waals surface area contributed by atoms with Crippen molar-refractivity contribution in [3.63, 3.8) is 0 Å². The smallest absolute Gasteiger partial charge is 0.338 e. The van der Waals surface area contributed by atoms with Crippen molar-refractivity contribution in [1.82, 2.24) is 9.36 Å². The summed E-state index contributed by atoms with van der Waals surface area (Å²) in [5.74, 6) is -0.638. The number of hydrogen-bond acceptors (Lipinski definition) is 4. The molecule has 0 fully saturated rings. The summed E-state index contributed by atoms with van der Waals surface area (Å²) >= 11 is 0. The van der Waals surface area contributed by atoms with Crippen molar-refractivity contribution < 1.29 is 14.3 Å². The Bertz CT molecular complexity index is 1160. The van der Waals surface area contributed by atoms with Crippen LogP contribution >= 0.6 is 0 Å². The average molecular weight is 436 g/mol. The van der Waals surface area contributed by atoms with Crippen molar-refractivity contribution in [3.8, 4) is 5.69 Å². The molecule has 0 aliphatic rings. The monoisotopic (exact) mass is 435 g/mol. The number of aromatic nitrogens is 2. The van der Waals surface area contributed by atoms with Crippen molar-refractivity contribution >= 4 is 17.6 Å². The molecule has 0 radical (unpaired) electrons. The number of hydrogen-bond donors (Lipinski definition) is 1. The van der Waals surface area contributed by atoms with Gasteiger partial charge in [0, 0.05) is 7.05 Å². The molecule has 1 heterocycles. The van der Waals surface area contributed by atoms with Gasteiger partial charge in [-0.1, -0.05) is 44.2 Å². The van der Waals surface area contributed by atoms with Crippen LogP contribution in [-0.2, 0) is 23.0 Å². The Kier molecular flexibility index (Phi) is 6.98. The SMILES string of the molecule is Cc1c(NC(=O)[C@H](C)OC(=O)c2ccc(CC(C)C)cc2)c(=O)n(-c2ccccc2)n1C. The van der Waals surface area contributed by atoms with Crippen molar-refractivity contribution in [2.24, 2.45) is 13.0 Å². The van der Waals surface area contributed by atoms with Crippen LogP contribution in [0.3, 0.4) is 0 Å². The number of anilines is 1. The van der Waals surface area contributed by atoms with Gasteiger partial charge in [-0.2, -0.15) is 0 Å². The Balaban J connectivity index is 1.71. The van der Waals surface area contributed by atoms with E-state index in [-0.39, 0.29) is 11.2 Å². The summed E-state index contributed by atoms with van der Waals surface area (Å²) in [6, 6.07) is 16.3. The van der Waals surface area contributed by atoms with E-state index in [4.69, 9.17) is 4.74 Å². The number of ether oxygens (including phenoxy) is 1. The zero-order chi connectivity index (χ0) is 23.4. The highest BCUT2D eigenvalue weighted by atomic mass is 16.5. The van der Waals surface area contributed by atoms with Crippen molar-refractivity contribution in [3.05, 3.63) is 81.8 Å². The van der Waals surface area contributed by atoms with Gasteiger partial charge in [0.15, 0.2) is 6.10 Å². The van der Waals surface area contributed by atoms with E-state index < -0.39 is 18.0 Å². The summed E-state index contributed by atoms with van der Waals surface area (Å²) in [4.78, 5) is 38.1. The molecule has 1 aromatic heterocycles. The fourth-order valence-electron chi connectivity index (χ4n) is 3.47. The summed E-state index contributed by atoms with van der Waals surface area (Å²) in [5, 5.41) is 2.63. The van der Waals surface area contributed by atoms with E-state index in [1.807, 2.05) is 42.5 Å². The topological polar surface area (TPSA) is 82.3 Å². The first-order valence-corrected chi connectivity index (χ1v) is 10.6. The lowest BCUT2D eigenvalue weighted by atomic mass is 10.0. The van der Waals surface area contributed by atoms with Crippen molar-refractivity contribution in [2.45, 2.75) is 40.2 Å². The van der Waals surface area contributed by atoms with Crippen LogP contribution in [-0.4, -0.2) is 27.3 Å².